The van der Waals surface area contributed by atoms with Gasteiger partial charge >= 0.3 is 0 Å². The maximum Gasteiger partial charge on any atom is 0.133 e. The number of nitrogens with zero attached hydrogens (tertiary/aromatic N) is 3. The Kier molecular flexibility index (Phi) is 4.16. The van der Waals surface area contributed by atoms with Gasteiger partial charge in [-0.2, -0.15) is 5.10 Å². The van der Waals surface area contributed by atoms with Crippen molar-refractivity contribution in [1.29, 1.82) is 0 Å². The van der Waals surface area contributed by atoms with Gasteiger partial charge in [0.25, 0.3) is 0 Å². The van der Waals surface area contributed by atoms with Crippen LogP contribution in [0.4, 0.5) is 17.2 Å². The molecule has 0 saturated carbocycles. The van der Waals surface area contributed by atoms with Crippen LogP contribution in [0.5, 0.6) is 11.5 Å². The summed E-state index contributed by atoms with van der Waals surface area (Å²) >= 11 is 0. The third-order valence-corrected chi connectivity index (χ3v) is 4.66. The number of hydrogen-bond donors (Lipinski definition) is 1. The van der Waals surface area contributed by atoms with Crippen LogP contribution < -0.4 is 19.7 Å². The molecule has 0 bridgehead atoms. The highest BCUT2D eigenvalue weighted by molar-refractivity contribution is 5.77. The minimum Gasteiger partial charge on any atom is -0.497 e. The van der Waals surface area contributed by atoms with Crippen LogP contribution in [0.1, 0.15) is 11.1 Å². The predicted octanol–water partition coefficient (Wildman–Crippen LogP) is 3.70. The molecule has 6 heteroatoms. The molecule has 0 fully saturated rings. The Labute approximate surface area is 153 Å². The maximum atomic E-state index is 5.42. The van der Waals surface area contributed by atoms with Crippen LogP contribution in [0.15, 0.2) is 48.7 Å². The first kappa shape index (κ1) is 16.3. The molecule has 1 aliphatic rings. The van der Waals surface area contributed by atoms with Crippen molar-refractivity contribution in [3.05, 3.63) is 59.8 Å². The zero-order valence-corrected chi connectivity index (χ0v) is 15.2. The van der Waals surface area contributed by atoms with E-state index in [-0.39, 0.29) is 0 Å². The van der Waals surface area contributed by atoms with Crippen LogP contribution in [-0.4, -0.2) is 24.0 Å². The lowest BCUT2D eigenvalue weighted by molar-refractivity contribution is 0.393. The molecule has 0 amide bonds. The molecule has 1 aliphatic heterocycles. The maximum absolute atomic E-state index is 5.42. The molecule has 0 atom stereocenters. The quantitative estimate of drug-likeness (QED) is 0.777. The molecule has 0 unspecified atom stereocenters. The van der Waals surface area contributed by atoms with E-state index in [9.17, 15) is 0 Å². The Hall–Kier alpha value is -3.15. The number of methoxy groups -OCH3 is 2. The van der Waals surface area contributed by atoms with E-state index in [1.54, 1.807) is 14.2 Å². The Bertz CT molecular complexity index is 913. The average molecular weight is 350 g/mol. The summed E-state index contributed by atoms with van der Waals surface area (Å²) in [6, 6.07) is 14.3. The molecule has 0 saturated heterocycles. The first-order valence-electron chi connectivity index (χ1n) is 8.52. The minimum atomic E-state index is 0.737. The normalized spacial score (nSPS) is 12.7. The number of fused-ring (bicyclic) bond motifs is 2. The first-order chi connectivity index (χ1) is 12.7. The lowest BCUT2D eigenvalue weighted by atomic mass is 10.1. The van der Waals surface area contributed by atoms with Gasteiger partial charge in [0.1, 0.15) is 17.3 Å². The number of nitrogens with one attached hydrogen (secondary N) is 1. The van der Waals surface area contributed by atoms with Gasteiger partial charge in [-0.25, -0.2) is 0 Å². The second-order valence-electron chi connectivity index (χ2n) is 6.36. The minimum absolute atomic E-state index is 0.737. The van der Waals surface area contributed by atoms with Gasteiger partial charge in [-0.1, -0.05) is 12.1 Å². The Morgan fingerprint density at radius 1 is 1.08 bits per heavy atom. The molecule has 6 nitrogen and oxygen atoms in total. The number of rotatable bonds is 4. The molecular formula is C20H22N4O2. The van der Waals surface area contributed by atoms with E-state index in [0.717, 1.165) is 47.3 Å². The lowest BCUT2D eigenvalue weighted by Gasteiger charge is -2.25. The van der Waals surface area contributed by atoms with Crippen LogP contribution in [0, 0.1) is 0 Å². The number of ether oxygens (including phenoxy) is 2. The van der Waals surface area contributed by atoms with Gasteiger partial charge in [0.15, 0.2) is 0 Å². The van der Waals surface area contributed by atoms with Crippen molar-refractivity contribution in [2.75, 3.05) is 24.4 Å². The lowest BCUT2D eigenvalue weighted by Crippen LogP contribution is -2.21. The van der Waals surface area contributed by atoms with E-state index in [2.05, 4.69) is 33.5 Å². The molecule has 2 aromatic carbocycles. The van der Waals surface area contributed by atoms with Gasteiger partial charge in [0.05, 0.1) is 31.8 Å². The zero-order valence-electron chi connectivity index (χ0n) is 15.2. The van der Waals surface area contributed by atoms with Gasteiger partial charge in [0, 0.05) is 31.8 Å². The highest BCUT2D eigenvalue weighted by atomic mass is 16.5. The van der Waals surface area contributed by atoms with Gasteiger partial charge in [-0.15, -0.1) is 0 Å². The molecule has 2 heterocycles. The fraction of sp³-hybridized carbons (Fsp3) is 0.250. The molecule has 4 rings (SSSR count). The first-order valence-corrected chi connectivity index (χ1v) is 8.52. The number of anilines is 3. The second-order valence-corrected chi connectivity index (χ2v) is 6.36. The van der Waals surface area contributed by atoms with Crippen molar-refractivity contribution in [1.82, 2.24) is 9.78 Å². The number of aromatic nitrogens is 2. The third-order valence-electron chi connectivity index (χ3n) is 4.66. The molecular weight excluding hydrogens is 328 g/mol. The average Bonchev–Trinajstić information content (AvgIpc) is 2.92. The van der Waals surface area contributed by atoms with E-state index in [1.165, 1.54) is 5.56 Å². The molecule has 0 spiro atoms. The summed E-state index contributed by atoms with van der Waals surface area (Å²) in [6.07, 6.45) is 1.92. The number of benzene rings is 2. The van der Waals surface area contributed by atoms with Crippen molar-refractivity contribution < 1.29 is 9.47 Å². The topological polar surface area (TPSA) is 51.5 Å². The number of aryl methyl sites for hydroxylation is 1. The summed E-state index contributed by atoms with van der Waals surface area (Å²) in [6.45, 7) is 1.51. The summed E-state index contributed by atoms with van der Waals surface area (Å²) in [7, 11) is 5.30. The van der Waals surface area contributed by atoms with Gasteiger partial charge in [0.2, 0.25) is 0 Å². The van der Waals surface area contributed by atoms with Gasteiger partial charge in [-0.05, 0) is 29.8 Å². The summed E-state index contributed by atoms with van der Waals surface area (Å²) in [5.41, 5.74) is 4.53. The van der Waals surface area contributed by atoms with Crippen LogP contribution >= 0.6 is 0 Å². The van der Waals surface area contributed by atoms with Crippen molar-refractivity contribution >= 4 is 17.2 Å². The number of para-hydroxylation sites is 2. The summed E-state index contributed by atoms with van der Waals surface area (Å²) in [5, 5.41) is 7.92. The molecule has 26 heavy (non-hydrogen) atoms. The standard InChI is InChI=1S/C20H22N4O2/c1-23-20-15(11-21-23)13-24(19-7-5-4-6-18(19)22-20)12-14-8-16(25-2)10-17(9-14)26-3/h4-11,22H,12-13H2,1-3H3. The molecule has 0 radical (unpaired) electrons. The van der Waals surface area contributed by atoms with Crippen molar-refractivity contribution in [2.24, 2.45) is 7.05 Å². The van der Waals surface area contributed by atoms with Gasteiger partial charge < -0.3 is 19.7 Å². The zero-order chi connectivity index (χ0) is 18.1. The summed E-state index contributed by atoms with van der Waals surface area (Å²) < 4.78 is 12.7. The summed E-state index contributed by atoms with van der Waals surface area (Å²) in [5.74, 6) is 2.62. The monoisotopic (exact) mass is 350 g/mol. The van der Waals surface area contributed by atoms with E-state index >= 15 is 0 Å². The van der Waals surface area contributed by atoms with Crippen LogP contribution in [0.25, 0.3) is 0 Å². The number of hydrogen-bond acceptors (Lipinski definition) is 5. The largest absolute Gasteiger partial charge is 0.497 e. The summed E-state index contributed by atoms with van der Waals surface area (Å²) in [4.78, 5) is 2.34. The second kappa shape index (κ2) is 6.63. The van der Waals surface area contributed by atoms with E-state index in [4.69, 9.17) is 9.47 Å². The van der Waals surface area contributed by atoms with Crippen molar-refractivity contribution in [3.8, 4) is 11.5 Å². The molecule has 134 valence electrons. The Morgan fingerprint density at radius 3 is 2.54 bits per heavy atom. The van der Waals surface area contributed by atoms with Gasteiger partial charge in [-0.3, -0.25) is 4.68 Å². The fourth-order valence-corrected chi connectivity index (χ4v) is 3.35. The fourth-order valence-electron chi connectivity index (χ4n) is 3.35. The van der Waals surface area contributed by atoms with E-state index < -0.39 is 0 Å². The molecule has 0 aliphatic carbocycles. The molecule has 1 N–H and O–H groups in total. The predicted molar refractivity (Wildman–Crippen MR) is 102 cm³/mol. The van der Waals surface area contributed by atoms with Crippen molar-refractivity contribution in [3.63, 3.8) is 0 Å². The van der Waals surface area contributed by atoms with Crippen LogP contribution in [0.3, 0.4) is 0 Å². The van der Waals surface area contributed by atoms with Crippen molar-refractivity contribution in [2.45, 2.75) is 13.1 Å². The van der Waals surface area contributed by atoms with Crippen LogP contribution in [-0.2, 0) is 20.1 Å². The highest BCUT2D eigenvalue weighted by Crippen LogP contribution is 2.36. The Balaban J connectivity index is 1.74. The van der Waals surface area contributed by atoms with E-state index in [0.29, 0.717) is 0 Å². The smallest absolute Gasteiger partial charge is 0.133 e. The van der Waals surface area contributed by atoms with Crippen LogP contribution in [0.2, 0.25) is 0 Å². The van der Waals surface area contributed by atoms with E-state index in [1.807, 2.05) is 42.2 Å². The highest BCUT2D eigenvalue weighted by Gasteiger charge is 2.21. The SMILES string of the molecule is COc1cc(CN2Cc3cnn(C)c3Nc3ccccc32)cc(OC)c1. The molecule has 1 aromatic heterocycles. The third kappa shape index (κ3) is 2.94. The molecule has 3 aromatic rings. The Morgan fingerprint density at radius 2 is 1.81 bits per heavy atom.